The second kappa shape index (κ2) is 7.99. The van der Waals surface area contributed by atoms with Crippen molar-refractivity contribution in [1.29, 1.82) is 0 Å². The van der Waals surface area contributed by atoms with Gasteiger partial charge >= 0.3 is 5.97 Å². The van der Waals surface area contributed by atoms with Gasteiger partial charge in [0, 0.05) is 49.3 Å². The van der Waals surface area contributed by atoms with Crippen LogP contribution >= 0.6 is 23.2 Å². The highest BCUT2D eigenvalue weighted by molar-refractivity contribution is 6.35. The molecule has 0 aliphatic carbocycles. The highest BCUT2D eigenvalue weighted by Gasteiger charge is 2.18. The minimum atomic E-state index is -0.148. The molecule has 1 aromatic carbocycles. The number of carbonyl (C=O) groups excluding carboxylic acids is 1. The molecule has 0 aromatic heterocycles. The lowest BCUT2D eigenvalue weighted by Gasteiger charge is -2.34. The Kier molecular flexibility index (Phi) is 6.30. The van der Waals surface area contributed by atoms with Crippen LogP contribution in [0, 0.1) is 0 Å². The minimum Gasteiger partial charge on any atom is -0.469 e. The molecular formula is C15H20Cl2N2O2. The standard InChI is InChI=1S/C15H20Cl2N2O2/c1-21-15(20)4-5-18-6-8-19(9-7-18)11-12-2-3-13(16)10-14(12)17/h2-3,10H,4-9,11H2,1H3. The van der Waals surface area contributed by atoms with Crippen molar-refractivity contribution in [2.45, 2.75) is 13.0 Å². The number of benzene rings is 1. The van der Waals surface area contributed by atoms with Gasteiger partial charge in [-0.2, -0.15) is 0 Å². The maximum absolute atomic E-state index is 11.1. The number of methoxy groups -OCH3 is 1. The minimum absolute atomic E-state index is 0.148. The summed E-state index contributed by atoms with van der Waals surface area (Å²) in [5.74, 6) is -0.148. The van der Waals surface area contributed by atoms with Gasteiger partial charge in [-0.1, -0.05) is 29.3 Å². The van der Waals surface area contributed by atoms with E-state index in [2.05, 4.69) is 14.5 Å². The summed E-state index contributed by atoms with van der Waals surface area (Å²) in [6, 6.07) is 5.63. The molecule has 4 nitrogen and oxygen atoms in total. The normalized spacial score (nSPS) is 16.9. The van der Waals surface area contributed by atoms with Gasteiger partial charge in [-0.15, -0.1) is 0 Å². The fraction of sp³-hybridized carbons (Fsp3) is 0.533. The van der Waals surface area contributed by atoms with Crippen molar-refractivity contribution in [3.8, 4) is 0 Å². The number of ether oxygens (including phenoxy) is 1. The van der Waals surface area contributed by atoms with Crippen molar-refractivity contribution in [3.05, 3.63) is 33.8 Å². The van der Waals surface area contributed by atoms with E-state index in [0.29, 0.717) is 11.4 Å². The highest BCUT2D eigenvalue weighted by Crippen LogP contribution is 2.22. The Morgan fingerprint density at radius 3 is 2.48 bits per heavy atom. The Labute approximate surface area is 135 Å². The highest BCUT2D eigenvalue weighted by atomic mass is 35.5. The monoisotopic (exact) mass is 330 g/mol. The number of halogens is 2. The predicted molar refractivity (Wildman–Crippen MR) is 84.8 cm³/mol. The molecule has 1 fully saturated rings. The second-order valence-corrected chi connectivity index (χ2v) is 6.02. The first-order valence-electron chi connectivity index (χ1n) is 7.04. The molecule has 0 saturated carbocycles. The predicted octanol–water partition coefficient (Wildman–Crippen LogP) is 2.67. The largest absolute Gasteiger partial charge is 0.469 e. The number of nitrogens with zero attached hydrogens (tertiary/aromatic N) is 2. The molecule has 0 unspecified atom stereocenters. The number of piperazine rings is 1. The van der Waals surface area contributed by atoms with Crippen LogP contribution in [0.1, 0.15) is 12.0 Å². The first-order chi connectivity index (χ1) is 10.1. The summed E-state index contributed by atoms with van der Waals surface area (Å²) in [6.07, 6.45) is 0.458. The van der Waals surface area contributed by atoms with Crippen LogP contribution in [-0.2, 0) is 16.1 Å². The average molecular weight is 331 g/mol. The topological polar surface area (TPSA) is 32.8 Å². The second-order valence-electron chi connectivity index (χ2n) is 5.18. The Morgan fingerprint density at radius 1 is 1.19 bits per heavy atom. The van der Waals surface area contributed by atoms with E-state index in [4.69, 9.17) is 23.2 Å². The number of carbonyl (C=O) groups is 1. The lowest BCUT2D eigenvalue weighted by atomic mass is 10.2. The van der Waals surface area contributed by atoms with Crippen LogP contribution in [-0.4, -0.2) is 55.6 Å². The van der Waals surface area contributed by atoms with Crippen molar-refractivity contribution in [2.24, 2.45) is 0 Å². The lowest BCUT2D eigenvalue weighted by molar-refractivity contribution is -0.141. The van der Waals surface area contributed by atoms with E-state index in [9.17, 15) is 4.79 Å². The summed E-state index contributed by atoms with van der Waals surface area (Å²) in [5, 5.41) is 1.38. The van der Waals surface area contributed by atoms with Crippen LogP contribution in [0.2, 0.25) is 10.0 Å². The Morgan fingerprint density at radius 2 is 1.86 bits per heavy atom. The molecule has 0 bridgehead atoms. The van der Waals surface area contributed by atoms with Gasteiger partial charge in [-0.25, -0.2) is 0 Å². The summed E-state index contributed by atoms with van der Waals surface area (Å²) in [6.45, 7) is 5.47. The third-order valence-corrected chi connectivity index (χ3v) is 4.32. The SMILES string of the molecule is COC(=O)CCN1CCN(Cc2ccc(Cl)cc2Cl)CC1. The van der Waals surface area contributed by atoms with Crippen LogP contribution in [0.15, 0.2) is 18.2 Å². The lowest BCUT2D eigenvalue weighted by Crippen LogP contribution is -2.46. The zero-order valence-corrected chi connectivity index (χ0v) is 13.7. The fourth-order valence-corrected chi connectivity index (χ4v) is 2.88. The number of rotatable bonds is 5. The van der Waals surface area contributed by atoms with Crippen LogP contribution in [0.25, 0.3) is 0 Å². The molecule has 1 saturated heterocycles. The molecule has 116 valence electrons. The van der Waals surface area contributed by atoms with Crippen LogP contribution < -0.4 is 0 Å². The molecule has 21 heavy (non-hydrogen) atoms. The molecule has 6 heteroatoms. The van der Waals surface area contributed by atoms with Gasteiger partial charge in [-0.05, 0) is 17.7 Å². The van der Waals surface area contributed by atoms with E-state index in [1.54, 1.807) is 6.07 Å². The molecule has 1 heterocycles. The summed E-state index contributed by atoms with van der Waals surface area (Å²) in [7, 11) is 1.43. The van der Waals surface area contributed by atoms with E-state index in [0.717, 1.165) is 49.9 Å². The molecule has 2 rings (SSSR count). The summed E-state index contributed by atoms with van der Waals surface area (Å²) in [4.78, 5) is 15.8. The number of hydrogen-bond donors (Lipinski definition) is 0. The van der Waals surface area contributed by atoms with E-state index in [1.807, 2.05) is 12.1 Å². The summed E-state index contributed by atoms with van der Waals surface area (Å²) >= 11 is 12.1. The average Bonchev–Trinajstić information content (AvgIpc) is 2.49. The molecular weight excluding hydrogens is 311 g/mol. The molecule has 1 aliphatic heterocycles. The van der Waals surface area contributed by atoms with Crippen molar-refractivity contribution in [3.63, 3.8) is 0 Å². The Hall–Kier alpha value is -0.810. The third kappa shape index (κ3) is 5.15. The van der Waals surface area contributed by atoms with Crippen molar-refractivity contribution < 1.29 is 9.53 Å². The van der Waals surface area contributed by atoms with E-state index in [1.165, 1.54) is 7.11 Å². The Balaban J connectivity index is 1.77. The quantitative estimate of drug-likeness (QED) is 0.777. The maximum atomic E-state index is 11.1. The zero-order chi connectivity index (χ0) is 15.2. The van der Waals surface area contributed by atoms with Gasteiger partial charge < -0.3 is 9.64 Å². The first-order valence-corrected chi connectivity index (χ1v) is 7.79. The summed E-state index contributed by atoms with van der Waals surface area (Å²) < 4.78 is 4.66. The van der Waals surface area contributed by atoms with E-state index in [-0.39, 0.29) is 5.97 Å². The first kappa shape index (κ1) is 16.6. The molecule has 0 amide bonds. The molecule has 0 N–H and O–H groups in total. The molecule has 0 atom stereocenters. The van der Waals surface area contributed by atoms with Gasteiger partial charge in [0.2, 0.25) is 0 Å². The van der Waals surface area contributed by atoms with Crippen LogP contribution in [0.4, 0.5) is 0 Å². The van der Waals surface area contributed by atoms with Crippen molar-refractivity contribution in [2.75, 3.05) is 39.8 Å². The third-order valence-electron chi connectivity index (χ3n) is 3.73. The smallest absolute Gasteiger partial charge is 0.306 e. The van der Waals surface area contributed by atoms with Crippen molar-refractivity contribution >= 4 is 29.2 Å². The van der Waals surface area contributed by atoms with Crippen LogP contribution in [0.5, 0.6) is 0 Å². The van der Waals surface area contributed by atoms with Crippen LogP contribution in [0.3, 0.4) is 0 Å². The van der Waals surface area contributed by atoms with Crippen molar-refractivity contribution in [1.82, 2.24) is 9.80 Å². The van der Waals surface area contributed by atoms with Gasteiger partial charge in [0.25, 0.3) is 0 Å². The van der Waals surface area contributed by atoms with E-state index < -0.39 is 0 Å². The maximum Gasteiger partial charge on any atom is 0.306 e. The molecule has 0 radical (unpaired) electrons. The molecule has 1 aliphatic rings. The fourth-order valence-electron chi connectivity index (χ4n) is 2.41. The number of hydrogen-bond acceptors (Lipinski definition) is 4. The zero-order valence-electron chi connectivity index (χ0n) is 12.1. The van der Waals surface area contributed by atoms with Gasteiger partial charge in [0.15, 0.2) is 0 Å². The Bertz CT molecular complexity index is 489. The van der Waals surface area contributed by atoms with E-state index >= 15 is 0 Å². The number of esters is 1. The summed E-state index contributed by atoms with van der Waals surface area (Å²) in [5.41, 5.74) is 1.10. The van der Waals surface area contributed by atoms with Gasteiger partial charge in [-0.3, -0.25) is 9.69 Å². The molecule has 0 spiro atoms. The molecule has 1 aromatic rings. The van der Waals surface area contributed by atoms with Gasteiger partial charge in [0.05, 0.1) is 13.5 Å². The van der Waals surface area contributed by atoms with Gasteiger partial charge in [0.1, 0.15) is 0 Å².